The van der Waals surface area contributed by atoms with Gasteiger partial charge in [0.1, 0.15) is 11.6 Å². The van der Waals surface area contributed by atoms with E-state index in [2.05, 4.69) is 80.5 Å². The van der Waals surface area contributed by atoms with Gasteiger partial charge in [0, 0.05) is 55.8 Å². The molecule has 1 N–H and O–H groups in total. The SMILES string of the molecule is C=C(Cc1ccc(-c2ccnc(C)n2)cc1)Nc1ccc(N2CCN(C(=C)C)CC2)cn1. The van der Waals surface area contributed by atoms with Crippen LogP contribution in [0.5, 0.6) is 0 Å². The number of piperazine rings is 1. The summed E-state index contributed by atoms with van der Waals surface area (Å²) in [4.78, 5) is 17.9. The third-order valence-corrected chi connectivity index (χ3v) is 5.68. The minimum Gasteiger partial charge on any atom is -0.372 e. The smallest absolute Gasteiger partial charge is 0.130 e. The van der Waals surface area contributed by atoms with Crippen molar-refractivity contribution < 1.29 is 0 Å². The Morgan fingerprint density at radius 3 is 2.34 bits per heavy atom. The number of hydrogen-bond acceptors (Lipinski definition) is 6. The number of aromatic nitrogens is 3. The van der Waals surface area contributed by atoms with E-state index in [1.807, 2.05) is 25.3 Å². The van der Waals surface area contributed by atoms with Crippen LogP contribution in [0.2, 0.25) is 0 Å². The predicted octanol–water partition coefficient (Wildman–Crippen LogP) is 4.67. The van der Waals surface area contributed by atoms with Gasteiger partial charge in [-0.25, -0.2) is 15.0 Å². The first-order valence-corrected chi connectivity index (χ1v) is 10.9. The lowest BCUT2D eigenvalue weighted by Gasteiger charge is -2.37. The maximum atomic E-state index is 4.59. The van der Waals surface area contributed by atoms with Crippen molar-refractivity contribution in [1.29, 1.82) is 0 Å². The topological polar surface area (TPSA) is 57.2 Å². The maximum absolute atomic E-state index is 4.59. The van der Waals surface area contributed by atoms with Crippen LogP contribution in [-0.2, 0) is 6.42 Å². The first-order valence-electron chi connectivity index (χ1n) is 10.9. The van der Waals surface area contributed by atoms with Gasteiger partial charge in [0.05, 0.1) is 17.6 Å². The highest BCUT2D eigenvalue weighted by atomic mass is 15.3. The van der Waals surface area contributed by atoms with Crippen molar-refractivity contribution >= 4 is 11.5 Å². The summed E-state index contributed by atoms with van der Waals surface area (Å²) in [7, 11) is 0. The monoisotopic (exact) mass is 426 g/mol. The molecule has 0 amide bonds. The van der Waals surface area contributed by atoms with Gasteiger partial charge in [-0.2, -0.15) is 0 Å². The highest BCUT2D eigenvalue weighted by Gasteiger charge is 2.16. The highest BCUT2D eigenvalue weighted by molar-refractivity contribution is 5.59. The molecule has 0 atom stereocenters. The zero-order valence-corrected chi connectivity index (χ0v) is 18.9. The zero-order valence-electron chi connectivity index (χ0n) is 18.9. The van der Waals surface area contributed by atoms with E-state index in [1.54, 1.807) is 6.20 Å². The number of hydrogen-bond donors (Lipinski definition) is 1. The van der Waals surface area contributed by atoms with Crippen molar-refractivity contribution in [2.24, 2.45) is 0 Å². The second-order valence-corrected chi connectivity index (χ2v) is 8.20. The van der Waals surface area contributed by atoms with E-state index in [0.29, 0.717) is 0 Å². The number of pyridine rings is 1. The summed E-state index contributed by atoms with van der Waals surface area (Å²) in [5, 5.41) is 3.33. The fourth-order valence-corrected chi connectivity index (χ4v) is 3.88. The third-order valence-electron chi connectivity index (χ3n) is 5.68. The van der Waals surface area contributed by atoms with Gasteiger partial charge in [-0.1, -0.05) is 37.4 Å². The maximum Gasteiger partial charge on any atom is 0.130 e. The van der Waals surface area contributed by atoms with E-state index in [0.717, 1.165) is 72.6 Å². The molecule has 32 heavy (non-hydrogen) atoms. The normalized spacial score (nSPS) is 13.7. The Labute approximate surface area is 190 Å². The molecule has 6 nitrogen and oxygen atoms in total. The molecule has 0 saturated carbocycles. The average Bonchev–Trinajstić information content (AvgIpc) is 2.80. The minimum atomic E-state index is 0.732. The van der Waals surface area contributed by atoms with Gasteiger partial charge in [0.15, 0.2) is 0 Å². The molecule has 0 unspecified atom stereocenters. The van der Waals surface area contributed by atoms with Crippen molar-refractivity contribution in [3.63, 3.8) is 0 Å². The Hall–Kier alpha value is -3.67. The second kappa shape index (κ2) is 9.64. The molecule has 3 heterocycles. The number of benzene rings is 1. The summed E-state index contributed by atoms with van der Waals surface area (Å²) in [6.07, 6.45) is 4.46. The third kappa shape index (κ3) is 5.32. The lowest BCUT2D eigenvalue weighted by Crippen LogP contribution is -2.45. The molecule has 0 aliphatic carbocycles. The molecular formula is C26H30N6. The molecule has 1 aliphatic rings. The van der Waals surface area contributed by atoms with Gasteiger partial charge < -0.3 is 15.1 Å². The van der Waals surface area contributed by atoms with Crippen LogP contribution in [0.4, 0.5) is 11.5 Å². The summed E-state index contributed by atoms with van der Waals surface area (Å²) in [6.45, 7) is 16.2. The fraction of sp³-hybridized carbons (Fsp3) is 0.269. The average molecular weight is 427 g/mol. The number of rotatable bonds is 7. The van der Waals surface area contributed by atoms with Crippen LogP contribution in [0, 0.1) is 6.92 Å². The number of anilines is 2. The van der Waals surface area contributed by atoms with Gasteiger partial charge in [0.2, 0.25) is 0 Å². The first kappa shape index (κ1) is 21.6. The van der Waals surface area contributed by atoms with E-state index in [-0.39, 0.29) is 0 Å². The van der Waals surface area contributed by atoms with Gasteiger partial charge >= 0.3 is 0 Å². The van der Waals surface area contributed by atoms with Crippen LogP contribution in [0.1, 0.15) is 18.3 Å². The first-order chi connectivity index (χ1) is 15.5. The Morgan fingerprint density at radius 1 is 0.969 bits per heavy atom. The number of nitrogens with one attached hydrogen (secondary N) is 1. The molecule has 0 radical (unpaired) electrons. The molecule has 1 aromatic carbocycles. The molecule has 1 saturated heterocycles. The predicted molar refractivity (Wildman–Crippen MR) is 132 cm³/mol. The fourth-order valence-electron chi connectivity index (χ4n) is 3.88. The Morgan fingerprint density at radius 2 is 1.72 bits per heavy atom. The Kier molecular flexibility index (Phi) is 6.50. The summed E-state index contributed by atoms with van der Waals surface area (Å²) >= 11 is 0. The van der Waals surface area contributed by atoms with Crippen LogP contribution in [0.25, 0.3) is 11.3 Å². The molecule has 0 spiro atoms. The van der Waals surface area contributed by atoms with Crippen LogP contribution in [-0.4, -0.2) is 46.0 Å². The van der Waals surface area contributed by atoms with Gasteiger partial charge in [-0.3, -0.25) is 0 Å². The lowest BCUT2D eigenvalue weighted by molar-refractivity contribution is 0.323. The molecule has 1 fully saturated rings. The van der Waals surface area contributed by atoms with E-state index in [9.17, 15) is 0 Å². The molecule has 6 heteroatoms. The Bertz CT molecular complexity index is 1080. The molecule has 2 aromatic heterocycles. The molecule has 0 bridgehead atoms. The van der Waals surface area contributed by atoms with Crippen LogP contribution in [0.3, 0.4) is 0 Å². The molecular weight excluding hydrogens is 396 g/mol. The van der Waals surface area contributed by atoms with Crippen molar-refractivity contribution in [3.8, 4) is 11.3 Å². The van der Waals surface area contributed by atoms with Crippen molar-refractivity contribution in [2.45, 2.75) is 20.3 Å². The molecule has 164 valence electrons. The Balaban J connectivity index is 1.31. The van der Waals surface area contributed by atoms with Crippen molar-refractivity contribution in [2.75, 3.05) is 36.4 Å². The van der Waals surface area contributed by atoms with Gasteiger partial charge in [-0.15, -0.1) is 0 Å². The van der Waals surface area contributed by atoms with Crippen LogP contribution in [0.15, 0.2) is 79.4 Å². The van der Waals surface area contributed by atoms with Crippen molar-refractivity contribution in [1.82, 2.24) is 19.9 Å². The van der Waals surface area contributed by atoms with Gasteiger partial charge in [-0.05, 0) is 37.6 Å². The standard InChI is InChI=1S/C26H30N6/c1-19(2)31-13-15-32(16-14-31)24-9-10-26(28-18-24)29-20(3)17-22-5-7-23(8-6-22)25-11-12-27-21(4)30-25/h5-12,18H,1,3,13-17H2,2,4H3,(H,28,29). The number of aryl methyl sites for hydroxylation is 1. The molecule has 1 aliphatic heterocycles. The lowest BCUT2D eigenvalue weighted by atomic mass is 10.1. The summed E-state index contributed by atoms with van der Waals surface area (Å²) in [5.41, 5.74) is 6.40. The zero-order chi connectivity index (χ0) is 22.5. The number of nitrogens with zero attached hydrogens (tertiary/aromatic N) is 5. The largest absolute Gasteiger partial charge is 0.372 e. The van der Waals surface area contributed by atoms with Crippen LogP contribution < -0.4 is 10.2 Å². The minimum absolute atomic E-state index is 0.732. The highest BCUT2D eigenvalue weighted by Crippen LogP contribution is 2.21. The summed E-state index contributed by atoms with van der Waals surface area (Å²) in [5.74, 6) is 1.59. The van der Waals surface area contributed by atoms with Gasteiger partial charge in [0.25, 0.3) is 0 Å². The van der Waals surface area contributed by atoms with E-state index >= 15 is 0 Å². The quantitative estimate of drug-likeness (QED) is 0.592. The van der Waals surface area contributed by atoms with Crippen molar-refractivity contribution in [3.05, 3.63) is 90.8 Å². The second-order valence-electron chi connectivity index (χ2n) is 8.20. The van der Waals surface area contributed by atoms with E-state index in [1.165, 1.54) is 5.56 Å². The van der Waals surface area contributed by atoms with E-state index < -0.39 is 0 Å². The molecule has 4 rings (SSSR count). The van der Waals surface area contributed by atoms with Crippen LogP contribution >= 0.6 is 0 Å². The number of allylic oxidation sites excluding steroid dienone is 2. The summed E-state index contributed by atoms with van der Waals surface area (Å²) < 4.78 is 0. The summed E-state index contributed by atoms with van der Waals surface area (Å²) in [6, 6.07) is 14.5. The van der Waals surface area contributed by atoms with E-state index in [4.69, 9.17) is 0 Å². The molecule has 3 aromatic rings.